The second-order valence-electron chi connectivity index (χ2n) is 8.97. The molecule has 4 rings (SSSR count). The monoisotopic (exact) mass is 518 g/mol. The summed E-state index contributed by atoms with van der Waals surface area (Å²) >= 11 is 6.34. The third kappa shape index (κ3) is 6.13. The van der Waals surface area contributed by atoms with Gasteiger partial charge in [0.2, 0.25) is 5.91 Å². The van der Waals surface area contributed by atoms with Gasteiger partial charge >= 0.3 is 0 Å². The van der Waals surface area contributed by atoms with Crippen molar-refractivity contribution in [2.75, 3.05) is 19.0 Å². The van der Waals surface area contributed by atoms with Crippen molar-refractivity contribution < 1.29 is 29.6 Å². The van der Waals surface area contributed by atoms with Gasteiger partial charge in [-0.2, -0.15) is 5.10 Å². The molecule has 0 spiro atoms. The SMILES string of the molecule is COc1cccc(Oc2cc(O)n([C@@H](CC3CCCC3)C(=O)Nc3ccn(C[C@@H](O)CO)n3)c2)c1Cl. The number of aromatic nitrogens is 3. The minimum Gasteiger partial charge on any atom is -0.495 e. The summed E-state index contributed by atoms with van der Waals surface area (Å²) in [5, 5.41) is 36.8. The van der Waals surface area contributed by atoms with E-state index < -0.39 is 12.1 Å². The number of hydrogen-bond acceptors (Lipinski definition) is 7. The van der Waals surface area contributed by atoms with Crippen LogP contribution < -0.4 is 14.8 Å². The first-order valence-corrected chi connectivity index (χ1v) is 12.3. The number of carbonyl (C=O) groups excluding carboxylic acids is 1. The van der Waals surface area contributed by atoms with E-state index in [1.165, 1.54) is 22.4 Å². The molecular weight excluding hydrogens is 488 g/mol. The van der Waals surface area contributed by atoms with Crippen molar-refractivity contribution in [1.29, 1.82) is 0 Å². The summed E-state index contributed by atoms with van der Waals surface area (Å²) in [5.74, 6) is 1.38. The molecule has 0 radical (unpaired) electrons. The molecule has 1 aromatic carbocycles. The molecule has 11 heteroatoms. The van der Waals surface area contributed by atoms with Gasteiger partial charge in [0.05, 0.1) is 32.6 Å². The molecule has 2 heterocycles. The van der Waals surface area contributed by atoms with E-state index in [1.807, 2.05) is 0 Å². The van der Waals surface area contributed by atoms with Gasteiger partial charge in [-0.15, -0.1) is 0 Å². The summed E-state index contributed by atoms with van der Waals surface area (Å²) in [5.41, 5.74) is 0. The maximum atomic E-state index is 13.4. The van der Waals surface area contributed by atoms with Crippen LogP contribution in [0, 0.1) is 5.92 Å². The van der Waals surface area contributed by atoms with E-state index in [2.05, 4.69) is 10.4 Å². The van der Waals surface area contributed by atoms with E-state index in [1.54, 1.807) is 36.7 Å². The smallest absolute Gasteiger partial charge is 0.248 e. The van der Waals surface area contributed by atoms with Crippen LogP contribution in [0.5, 0.6) is 23.1 Å². The molecule has 1 saturated carbocycles. The fourth-order valence-electron chi connectivity index (χ4n) is 4.52. The van der Waals surface area contributed by atoms with Crippen molar-refractivity contribution in [3.05, 3.63) is 47.7 Å². The number of aromatic hydroxyl groups is 1. The first-order chi connectivity index (χ1) is 17.4. The zero-order valence-electron chi connectivity index (χ0n) is 20.0. The normalized spacial score (nSPS) is 15.6. The van der Waals surface area contributed by atoms with Crippen LogP contribution in [0.25, 0.3) is 0 Å². The number of carbonyl (C=O) groups is 1. The number of ether oxygens (including phenoxy) is 2. The van der Waals surface area contributed by atoms with Crippen LogP contribution in [0.3, 0.4) is 0 Å². The summed E-state index contributed by atoms with van der Waals surface area (Å²) in [7, 11) is 1.51. The Balaban J connectivity index is 1.54. The zero-order chi connectivity index (χ0) is 25.7. The van der Waals surface area contributed by atoms with Gasteiger partial charge in [0, 0.05) is 18.3 Å². The molecule has 1 aliphatic carbocycles. The van der Waals surface area contributed by atoms with Crippen molar-refractivity contribution in [2.24, 2.45) is 5.92 Å². The van der Waals surface area contributed by atoms with Crippen LogP contribution in [0.1, 0.15) is 38.1 Å². The number of aliphatic hydroxyl groups excluding tert-OH is 2. The fraction of sp³-hybridized carbons (Fsp3) is 0.440. The van der Waals surface area contributed by atoms with E-state index in [9.17, 15) is 15.0 Å². The molecule has 10 nitrogen and oxygen atoms in total. The van der Waals surface area contributed by atoms with Crippen LogP contribution in [0.4, 0.5) is 5.82 Å². The number of hydrogen-bond donors (Lipinski definition) is 4. The van der Waals surface area contributed by atoms with E-state index in [0.717, 1.165) is 25.7 Å². The molecule has 2 aromatic heterocycles. The molecule has 1 aliphatic rings. The molecule has 0 aliphatic heterocycles. The lowest BCUT2D eigenvalue weighted by molar-refractivity contribution is -0.119. The standard InChI is InChI=1S/C25H31ClN4O6/c1-35-20-7-4-8-21(24(20)26)36-18-12-23(33)30(14-18)19(11-16-5-2-3-6-16)25(34)27-22-9-10-29(28-22)13-17(32)15-31/h4,7-10,12,14,16-17,19,31-33H,2-3,5-6,11,13,15H2,1H3,(H,27,28,34)/t17-,19+/m1/s1. The fourth-order valence-corrected chi connectivity index (χ4v) is 4.77. The predicted octanol–water partition coefficient (Wildman–Crippen LogP) is 3.96. The molecule has 0 unspecified atom stereocenters. The first-order valence-electron chi connectivity index (χ1n) is 11.9. The number of anilines is 1. The average Bonchev–Trinajstić information content (AvgIpc) is 3.61. The third-order valence-corrected chi connectivity index (χ3v) is 6.72. The Labute approximate surface area is 214 Å². The number of aliphatic hydroxyl groups is 2. The van der Waals surface area contributed by atoms with Crippen LogP contribution >= 0.6 is 11.6 Å². The summed E-state index contributed by atoms with van der Waals surface area (Å²) in [6.07, 6.45) is 7.10. The van der Waals surface area contributed by atoms with Crippen LogP contribution in [-0.2, 0) is 11.3 Å². The van der Waals surface area contributed by atoms with E-state index >= 15 is 0 Å². The maximum Gasteiger partial charge on any atom is 0.248 e. The van der Waals surface area contributed by atoms with Gasteiger partial charge in [-0.1, -0.05) is 43.4 Å². The highest BCUT2D eigenvalue weighted by Gasteiger charge is 2.29. The largest absolute Gasteiger partial charge is 0.495 e. The van der Waals surface area contributed by atoms with Crippen LogP contribution in [0.2, 0.25) is 5.02 Å². The Morgan fingerprint density at radius 1 is 1.28 bits per heavy atom. The Morgan fingerprint density at radius 3 is 2.75 bits per heavy atom. The molecule has 0 bridgehead atoms. The Kier molecular flexibility index (Phi) is 8.40. The van der Waals surface area contributed by atoms with E-state index in [-0.39, 0.29) is 24.9 Å². The van der Waals surface area contributed by atoms with Crippen molar-refractivity contribution >= 4 is 23.3 Å². The second-order valence-corrected chi connectivity index (χ2v) is 9.34. The minimum atomic E-state index is -0.947. The van der Waals surface area contributed by atoms with Gasteiger partial charge < -0.3 is 34.7 Å². The molecule has 1 amide bonds. The lowest BCUT2D eigenvalue weighted by Gasteiger charge is -2.22. The topological polar surface area (TPSA) is 131 Å². The van der Waals surface area contributed by atoms with Gasteiger partial charge in [0.1, 0.15) is 28.3 Å². The van der Waals surface area contributed by atoms with Gasteiger partial charge in [0.15, 0.2) is 11.7 Å². The lowest BCUT2D eigenvalue weighted by atomic mass is 9.97. The summed E-state index contributed by atoms with van der Waals surface area (Å²) in [6.45, 7) is -0.285. The van der Waals surface area contributed by atoms with Crippen molar-refractivity contribution in [3.63, 3.8) is 0 Å². The number of amides is 1. The number of nitrogens with zero attached hydrogens (tertiary/aromatic N) is 3. The quantitative estimate of drug-likeness (QED) is 0.302. The van der Waals surface area contributed by atoms with E-state index in [4.69, 9.17) is 26.2 Å². The number of methoxy groups -OCH3 is 1. The summed E-state index contributed by atoms with van der Waals surface area (Å²) in [6, 6.07) is 7.50. The minimum absolute atomic E-state index is 0.101. The number of halogens is 1. The maximum absolute atomic E-state index is 13.4. The molecule has 2 atom stereocenters. The molecule has 0 saturated heterocycles. The van der Waals surface area contributed by atoms with E-state index in [0.29, 0.717) is 40.4 Å². The predicted molar refractivity (Wildman–Crippen MR) is 134 cm³/mol. The van der Waals surface area contributed by atoms with Gasteiger partial charge in [-0.3, -0.25) is 9.48 Å². The number of nitrogens with one attached hydrogen (secondary N) is 1. The highest BCUT2D eigenvalue weighted by molar-refractivity contribution is 6.33. The van der Waals surface area contributed by atoms with Crippen molar-refractivity contribution in [1.82, 2.24) is 14.3 Å². The average molecular weight is 519 g/mol. The molecule has 1 fully saturated rings. The molecule has 3 aromatic rings. The van der Waals surface area contributed by atoms with Crippen molar-refractivity contribution in [2.45, 2.75) is 50.8 Å². The zero-order valence-corrected chi connectivity index (χ0v) is 20.8. The third-order valence-electron chi connectivity index (χ3n) is 6.35. The first kappa shape index (κ1) is 25.9. The number of benzene rings is 1. The van der Waals surface area contributed by atoms with Gasteiger partial charge in [-0.25, -0.2) is 0 Å². The number of rotatable bonds is 11. The highest BCUT2D eigenvalue weighted by atomic mass is 35.5. The molecule has 4 N–H and O–H groups in total. The Bertz CT molecular complexity index is 1170. The highest BCUT2D eigenvalue weighted by Crippen LogP contribution is 2.39. The van der Waals surface area contributed by atoms with Crippen LogP contribution in [0.15, 0.2) is 42.7 Å². The van der Waals surface area contributed by atoms with Crippen LogP contribution in [-0.4, -0.2) is 55.4 Å². The Hall–Kier alpha value is -3.21. The van der Waals surface area contributed by atoms with Crippen molar-refractivity contribution in [3.8, 4) is 23.1 Å². The Morgan fingerprint density at radius 2 is 2.03 bits per heavy atom. The van der Waals surface area contributed by atoms with Gasteiger partial charge in [0.25, 0.3) is 0 Å². The lowest BCUT2D eigenvalue weighted by Crippen LogP contribution is -2.27. The summed E-state index contributed by atoms with van der Waals surface area (Å²) < 4.78 is 14.1. The molecule has 194 valence electrons. The van der Waals surface area contributed by atoms with Gasteiger partial charge in [-0.05, 0) is 24.5 Å². The molecule has 36 heavy (non-hydrogen) atoms. The molecular formula is C25H31ClN4O6. The summed E-state index contributed by atoms with van der Waals surface area (Å²) in [4.78, 5) is 13.4. The second kappa shape index (κ2) is 11.7.